The van der Waals surface area contributed by atoms with Crippen molar-refractivity contribution in [3.8, 4) is 0 Å². The summed E-state index contributed by atoms with van der Waals surface area (Å²) in [5, 5.41) is 0.416. The molecule has 0 bridgehead atoms. The van der Waals surface area contributed by atoms with Crippen LogP contribution in [0.3, 0.4) is 0 Å². The van der Waals surface area contributed by atoms with Crippen molar-refractivity contribution in [2.45, 2.75) is 6.92 Å². The lowest BCUT2D eigenvalue weighted by atomic mass is 10.4. The first-order valence-corrected chi connectivity index (χ1v) is 3.61. The normalized spacial score (nSPS) is 10.7. The van der Waals surface area contributed by atoms with Crippen LogP contribution in [0, 0.1) is 6.92 Å². The van der Waals surface area contributed by atoms with Gasteiger partial charge in [0.2, 0.25) is 0 Å². The van der Waals surface area contributed by atoms with Gasteiger partial charge in [0.1, 0.15) is 10.7 Å². The van der Waals surface area contributed by atoms with Crippen LogP contribution in [0.2, 0.25) is 5.15 Å². The van der Waals surface area contributed by atoms with Crippen molar-refractivity contribution in [3.63, 3.8) is 0 Å². The molecule has 0 fully saturated rings. The summed E-state index contributed by atoms with van der Waals surface area (Å²) in [4.78, 5) is 11.2. The Morgan fingerprint density at radius 2 is 2.36 bits per heavy atom. The van der Waals surface area contributed by atoms with Crippen molar-refractivity contribution in [2.75, 3.05) is 0 Å². The van der Waals surface area contributed by atoms with Crippen molar-refractivity contribution >= 4 is 22.8 Å². The zero-order valence-corrected chi connectivity index (χ0v) is 6.68. The van der Waals surface area contributed by atoms with E-state index in [1.807, 2.05) is 13.0 Å². The predicted octanol–water partition coefficient (Wildman–Crippen LogP) is 1.92. The lowest BCUT2D eigenvalue weighted by molar-refractivity contribution is 1.23. The summed E-state index contributed by atoms with van der Waals surface area (Å²) >= 11 is 5.63. The van der Waals surface area contributed by atoms with E-state index in [-0.39, 0.29) is 0 Å². The van der Waals surface area contributed by atoms with Gasteiger partial charge in [0, 0.05) is 5.69 Å². The molecule has 0 aromatic carbocycles. The third-order valence-electron chi connectivity index (χ3n) is 1.44. The Bertz CT molecular complexity index is 393. The van der Waals surface area contributed by atoms with Crippen molar-refractivity contribution < 1.29 is 0 Å². The maximum Gasteiger partial charge on any atom is 0.157 e. The molecule has 3 nitrogen and oxygen atoms in total. The first-order valence-electron chi connectivity index (χ1n) is 3.23. The van der Waals surface area contributed by atoms with E-state index < -0.39 is 0 Å². The van der Waals surface area contributed by atoms with Crippen molar-refractivity contribution in [3.05, 3.63) is 23.1 Å². The summed E-state index contributed by atoms with van der Waals surface area (Å²) in [7, 11) is 0. The number of rotatable bonds is 0. The summed E-state index contributed by atoms with van der Waals surface area (Å²) in [5.74, 6) is 0. The van der Waals surface area contributed by atoms with Crippen molar-refractivity contribution in [1.29, 1.82) is 0 Å². The molecule has 0 aliphatic heterocycles. The van der Waals surface area contributed by atoms with Crippen LogP contribution in [0.1, 0.15) is 5.69 Å². The maximum absolute atomic E-state index is 5.63. The van der Waals surface area contributed by atoms with Gasteiger partial charge in [-0.25, -0.2) is 9.97 Å². The highest BCUT2D eigenvalue weighted by Gasteiger charge is 1.99. The summed E-state index contributed by atoms with van der Waals surface area (Å²) < 4.78 is 0. The molecule has 0 spiro atoms. The number of hydrogen-bond acceptors (Lipinski definition) is 2. The second kappa shape index (κ2) is 2.20. The molecule has 2 aromatic rings. The number of aromatic amines is 1. The van der Waals surface area contributed by atoms with E-state index in [1.165, 1.54) is 6.20 Å². The van der Waals surface area contributed by atoms with E-state index in [9.17, 15) is 0 Å². The molecule has 56 valence electrons. The number of nitrogens with zero attached hydrogens (tertiary/aromatic N) is 2. The molecule has 0 radical (unpaired) electrons. The molecule has 0 saturated heterocycles. The molecule has 2 heterocycles. The summed E-state index contributed by atoms with van der Waals surface area (Å²) in [6.07, 6.45) is 1.54. The van der Waals surface area contributed by atoms with Gasteiger partial charge in [0.25, 0.3) is 0 Å². The van der Waals surface area contributed by atoms with E-state index in [4.69, 9.17) is 11.6 Å². The smallest absolute Gasteiger partial charge is 0.157 e. The van der Waals surface area contributed by atoms with E-state index in [0.29, 0.717) is 5.15 Å². The molecule has 2 rings (SSSR count). The summed E-state index contributed by atoms with van der Waals surface area (Å²) in [5.41, 5.74) is 2.64. The fraction of sp³-hybridized carbons (Fsp3) is 0.143. The third kappa shape index (κ3) is 1.07. The zero-order valence-electron chi connectivity index (χ0n) is 5.93. The molecule has 0 unspecified atom stereocenters. The van der Waals surface area contributed by atoms with E-state index >= 15 is 0 Å². The van der Waals surface area contributed by atoms with Gasteiger partial charge in [0.15, 0.2) is 5.65 Å². The van der Waals surface area contributed by atoms with Gasteiger partial charge in [-0.1, -0.05) is 11.6 Å². The van der Waals surface area contributed by atoms with Crippen LogP contribution in [0.15, 0.2) is 12.3 Å². The second-order valence-electron chi connectivity index (χ2n) is 2.38. The summed E-state index contributed by atoms with van der Waals surface area (Å²) in [6, 6.07) is 1.93. The molecule has 4 heteroatoms. The molecular formula is C7H6ClN3. The highest BCUT2D eigenvalue weighted by atomic mass is 35.5. The average molecular weight is 168 g/mol. The predicted molar refractivity (Wildman–Crippen MR) is 43.6 cm³/mol. The monoisotopic (exact) mass is 167 g/mol. The van der Waals surface area contributed by atoms with Crippen LogP contribution in [0.4, 0.5) is 0 Å². The number of aromatic nitrogens is 3. The van der Waals surface area contributed by atoms with Gasteiger partial charge in [-0.05, 0) is 13.0 Å². The van der Waals surface area contributed by atoms with Crippen LogP contribution in [-0.2, 0) is 0 Å². The van der Waals surface area contributed by atoms with Gasteiger partial charge in [0.05, 0.1) is 6.20 Å². The first kappa shape index (κ1) is 6.61. The van der Waals surface area contributed by atoms with Crippen LogP contribution in [-0.4, -0.2) is 15.0 Å². The van der Waals surface area contributed by atoms with E-state index in [2.05, 4.69) is 15.0 Å². The largest absolute Gasteiger partial charge is 0.342 e. The van der Waals surface area contributed by atoms with E-state index in [0.717, 1.165) is 16.9 Å². The molecule has 0 aliphatic rings. The third-order valence-corrected chi connectivity index (χ3v) is 1.62. The topological polar surface area (TPSA) is 41.6 Å². The Kier molecular flexibility index (Phi) is 1.32. The molecule has 0 atom stereocenters. The van der Waals surface area contributed by atoms with Crippen LogP contribution >= 0.6 is 11.6 Å². The van der Waals surface area contributed by atoms with Crippen molar-refractivity contribution in [2.24, 2.45) is 0 Å². The maximum atomic E-state index is 5.63. The van der Waals surface area contributed by atoms with Gasteiger partial charge >= 0.3 is 0 Å². The Morgan fingerprint density at radius 1 is 1.55 bits per heavy atom. The zero-order chi connectivity index (χ0) is 7.84. The Morgan fingerprint density at radius 3 is 3.18 bits per heavy atom. The number of fused-ring (bicyclic) bond motifs is 1. The quantitative estimate of drug-likeness (QED) is 0.652. The number of H-pyrrole nitrogens is 1. The average Bonchev–Trinajstić information content (AvgIpc) is 2.27. The van der Waals surface area contributed by atoms with Gasteiger partial charge in [-0.15, -0.1) is 0 Å². The first-order chi connectivity index (χ1) is 5.25. The Hall–Kier alpha value is -1.09. The molecular weight excluding hydrogens is 162 g/mol. The minimum Gasteiger partial charge on any atom is -0.342 e. The number of halogens is 1. The number of hydrogen-bond donors (Lipinski definition) is 1. The lowest BCUT2D eigenvalue weighted by Crippen LogP contribution is -1.79. The summed E-state index contributed by atoms with van der Waals surface area (Å²) in [6.45, 7) is 1.96. The van der Waals surface area contributed by atoms with Crippen molar-refractivity contribution in [1.82, 2.24) is 15.0 Å². The molecule has 0 amide bonds. The molecule has 11 heavy (non-hydrogen) atoms. The van der Waals surface area contributed by atoms with Crippen LogP contribution in [0.5, 0.6) is 0 Å². The molecule has 0 saturated carbocycles. The Balaban J connectivity index is 2.82. The minimum absolute atomic E-state index is 0.416. The lowest BCUT2D eigenvalue weighted by Gasteiger charge is -1.87. The number of aryl methyl sites for hydroxylation is 1. The highest BCUT2D eigenvalue weighted by Crippen LogP contribution is 2.11. The molecule has 1 N–H and O–H groups in total. The molecule has 2 aromatic heterocycles. The molecule has 0 aliphatic carbocycles. The fourth-order valence-electron chi connectivity index (χ4n) is 1.00. The van der Waals surface area contributed by atoms with E-state index in [1.54, 1.807) is 0 Å². The highest BCUT2D eigenvalue weighted by molar-refractivity contribution is 6.29. The standard InChI is InChI=1S/C7H6ClN3/c1-4-2-5-7(10-4)11-6(8)3-9-5/h2-3H,1H3,(H,10,11). The minimum atomic E-state index is 0.416. The van der Waals surface area contributed by atoms with Gasteiger partial charge in [-0.3, -0.25) is 0 Å². The van der Waals surface area contributed by atoms with Gasteiger partial charge in [-0.2, -0.15) is 0 Å². The van der Waals surface area contributed by atoms with Gasteiger partial charge < -0.3 is 4.98 Å². The Labute approximate surface area is 68.4 Å². The second-order valence-corrected chi connectivity index (χ2v) is 2.77. The number of nitrogens with one attached hydrogen (secondary N) is 1. The van der Waals surface area contributed by atoms with Crippen LogP contribution in [0.25, 0.3) is 11.2 Å². The fourth-order valence-corrected chi connectivity index (χ4v) is 1.14. The van der Waals surface area contributed by atoms with Crippen LogP contribution < -0.4 is 0 Å². The SMILES string of the molecule is Cc1cc2ncc(Cl)nc2[nH]1.